The Morgan fingerprint density at radius 2 is 0.477 bits per heavy atom. The lowest BCUT2D eigenvalue weighted by molar-refractivity contribution is -0.161. The van der Waals surface area contributed by atoms with Gasteiger partial charge in [0.25, 0.3) is 0 Å². The van der Waals surface area contributed by atoms with E-state index in [0.29, 0.717) is 19.3 Å². The number of carbonyl (C=O) groups is 3. The van der Waals surface area contributed by atoms with Crippen LogP contribution in [-0.2, 0) is 55.8 Å². The van der Waals surface area contributed by atoms with E-state index >= 15 is 0 Å². The highest BCUT2D eigenvalue weighted by atomic mass is 31.2. The summed E-state index contributed by atoms with van der Waals surface area (Å²) in [4.78, 5) is 58.9. The van der Waals surface area contributed by atoms with Gasteiger partial charge in [0, 0.05) is 19.3 Å². The molecule has 0 saturated heterocycles. The Bertz CT molecular complexity index is 2550. The lowest BCUT2D eigenvalue weighted by atomic mass is 10.0. The Balaban J connectivity index is 4.52. The average molecular weight is 1600 g/mol. The van der Waals surface area contributed by atoms with E-state index in [2.05, 4.69) is 154 Å². The van der Waals surface area contributed by atoms with Crippen LogP contribution in [0, 0.1) is 0 Å². The zero-order chi connectivity index (χ0) is 80.8. The van der Waals surface area contributed by atoms with Crippen LogP contribution in [0.2, 0.25) is 0 Å². The molecule has 0 aliphatic heterocycles. The number of carbonyl (C=O) groups excluding carboxylic acids is 3. The fraction of sp³-hybridized carbons (Fsp3) is 0.731. The highest BCUT2D eigenvalue weighted by Gasteiger charge is 2.29. The lowest BCUT2D eigenvalue weighted by Crippen LogP contribution is -2.30. The van der Waals surface area contributed by atoms with Crippen molar-refractivity contribution in [2.24, 2.45) is 0 Å². The quantitative estimate of drug-likeness (QED) is 0.0146. The number of aliphatic hydroxyl groups is 2. The molecular formula is C93H162O16P2. The topological polar surface area (TPSA) is 231 Å². The van der Waals surface area contributed by atoms with Gasteiger partial charge in [-0.1, -0.05) is 353 Å². The first-order chi connectivity index (χ1) is 54.2. The molecule has 0 heterocycles. The Hall–Kier alpha value is -4.31. The van der Waals surface area contributed by atoms with Crippen LogP contribution in [0.1, 0.15) is 380 Å². The summed E-state index contributed by atoms with van der Waals surface area (Å²) in [5.41, 5.74) is 0. The molecule has 5 atom stereocenters. The van der Waals surface area contributed by atoms with E-state index in [9.17, 15) is 43.5 Å². The number of phosphoric acid groups is 2. The number of hydrogen-bond donors (Lipinski definition) is 4. The van der Waals surface area contributed by atoms with Crippen molar-refractivity contribution in [2.45, 2.75) is 399 Å². The summed E-state index contributed by atoms with van der Waals surface area (Å²) >= 11 is 0. The minimum Gasteiger partial charge on any atom is -0.463 e. The third-order valence-electron chi connectivity index (χ3n) is 18.8. The Morgan fingerprint density at radius 3 is 0.757 bits per heavy atom. The molecule has 0 aromatic heterocycles. The molecule has 111 heavy (non-hydrogen) atoms. The van der Waals surface area contributed by atoms with Gasteiger partial charge in [-0.15, -0.1) is 0 Å². The maximum absolute atomic E-state index is 13.0. The van der Waals surface area contributed by atoms with Gasteiger partial charge in [0.15, 0.2) is 6.10 Å². The van der Waals surface area contributed by atoms with Crippen molar-refractivity contribution < 1.29 is 75.8 Å². The fourth-order valence-corrected chi connectivity index (χ4v) is 13.7. The number of unbranched alkanes of at least 4 members (excludes halogenated alkanes) is 39. The molecule has 0 aliphatic rings. The largest absolute Gasteiger partial charge is 0.472 e. The Labute approximate surface area is 677 Å². The number of esters is 3. The number of rotatable bonds is 84. The summed E-state index contributed by atoms with van der Waals surface area (Å²) < 4.78 is 61.4. The molecule has 16 nitrogen and oxygen atoms in total. The van der Waals surface area contributed by atoms with E-state index < -0.39 is 91.5 Å². The maximum Gasteiger partial charge on any atom is 0.472 e. The third-order valence-corrected chi connectivity index (χ3v) is 20.7. The molecule has 0 fully saturated rings. The van der Waals surface area contributed by atoms with Crippen LogP contribution in [0.5, 0.6) is 0 Å². The number of allylic oxidation sites excluding steroid dienone is 22. The number of ether oxygens (including phenoxy) is 3. The Morgan fingerprint density at radius 1 is 0.261 bits per heavy atom. The van der Waals surface area contributed by atoms with Gasteiger partial charge in [-0.2, -0.15) is 0 Å². The van der Waals surface area contributed by atoms with Gasteiger partial charge in [0.2, 0.25) is 0 Å². The van der Waals surface area contributed by atoms with Crippen LogP contribution in [0.3, 0.4) is 0 Å². The van der Waals surface area contributed by atoms with E-state index in [4.69, 9.17) is 32.3 Å². The molecule has 0 amide bonds. The molecule has 0 aromatic carbocycles. The molecule has 0 aliphatic carbocycles. The van der Waals surface area contributed by atoms with E-state index in [-0.39, 0.29) is 19.3 Å². The molecule has 0 aromatic rings. The standard InChI is InChI=1S/C93H162O16P2/c1-4-7-10-13-16-19-22-25-28-31-33-35-37-39-41-42-43-44-46-48-49-51-53-56-58-61-64-67-70-73-76-79-91(96)103-82-88(94)83-105-110(99,100)106-84-89(95)85-107-111(101,102)108-87-90(109-93(98)81-78-75-72-69-66-63-60-55-30-27-24-21-18-15-12-9-6-3)86-104-92(97)80-77-74-71-68-65-62-59-57-54-52-50-47-45-40-38-36-34-32-29-26-23-20-17-14-11-8-5-2/h9,12,16-21,25-30,33-36,39-41,45,88-90,94-95H,4-8,10-11,13-15,22-24,31-32,37-38,42-44,46-87H2,1-3H3,(H,99,100)(H,101,102)/b12-9-,19-16-,20-17-,21-18-,28-25-,29-26-,30-27-,35-33-,36-34-,41-39-,45-40-. The molecule has 4 N–H and O–H groups in total. The number of aliphatic hydroxyl groups excluding tert-OH is 2. The SMILES string of the molecule is CC/C=C\C/C=C\C/C=C\CCCCCCCCCC(=O)OC(COC(=O)CCCCCCCCCCCCC/C=C\C/C=C\C/C=C\C/C=C\CCCCC)COP(=O)(O)OCC(O)COP(=O)(O)OCC(O)COC(=O)CCCCCCCCCCCCCCCCC/C=C\C/C=C\C/C=C\C/C=C\CCCCC. The van der Waals surface area contributed by atoms with Gasteiger partial charge in [-0.3, -0.25) is 32.5 Å². The van der Waals surface area contributed by atoms with Crippen molar-refractivity contribution in [3.8, 4) is 0 Å². The highest BCUT2D eigenvalue weighted by molar-refractivity contribution is 7.47. The van der Waals surface area contributed by atoms with Gasteiger partial charge in [-0.05, 0) is 141 Å². The van der Waals surface area contributed by atoms with E-state index in [0.717, 1.165) is 154 Å². The highest BCUT2D eigenvalue weighted by Crippen LogP contribution is 2.45. The number of hydrogen-bond acceptors (Lipinski definition) is 14. The average Bonchev–Trinajstić information content (AvgIpc) is 0.891. The monoisotopic (exact) mass is 1600 g/mol. The Kier molecular flexibility index (Phi) is 81.8. The first-order valence-electron chi connectivity index (χ1n) is 44.5. The van der Waals surface area contributed by atoms with Gasteiger partial charge in [-0.25, -0.2) is 9.13 Å². The fourth-order valence-electron chi connectivity index (χ4n) is 12.1. The van der Waals surface area contributed by atoms with Crippen LogP contribution in [0.15, 0.2) is 134 Å². The normalized spacial score (nSPS) is 14.5. The second-order valence-corrected chi connectivity index (χ2v) is 32.6. The molecule has 0 spiro atoms. The van der Waals surface area contributed by atoms with E-state index in [1.54, 1.807) is 0 Å². The lowest BCUT2D eigenvalue weighted by Gasteiger charge is -2.21. The molecular weight excluding hydrogens is 1430 g/mol. The predicted molar refractivity (Wildman–Crippen MR) is 463 cm³/mol. The summed E-state index contributed by atoms with van der Waals surface area (Å²) in [5.74, 6) is -1.58. The zero-order valence-electron chi connectivity index (χ0n) is 70.4. The van der Waals surface area contributed by atoms with Crippen LogP contribution < -0.4 is 0 Å². The predicted octanol–water partition coefficient (Wildman–Crippen LogP) is 27.0. The molecule has 0 radical (unpaired) electrons. The van der Waals surface area contributed by atoms with Crippen molar-refractivity contribution in [1.29, 1.82) is 0 Å². The van der Waals surface area contributed by atoms with E-state index in [1.807, 2.05) is 0 Å². The van der Waals surface area contributed by atoms with Crippen molar-refractivity contribution >= 4 is 33.6 Å². The maximum atomic E-state index is 13.0. The van der Waals surface area contributed by atoms with Crippen molar-refractivity contribution in [2.75, 3.05) is 39.6 Å². The van der Waals surface area contributed by atoms with Crippen LogP contribution in [0.4, 0.5) is 0 Å². The zero-order valence-corrected chi connectivity index (χ0v) is 72.1. The minimum atomic E-state index is -4.94. The molecule has 18 heteroatoms. The first-order valence-corrected chi connectivity index (χ1v) is 47.5. The van der Waals surface area contributed by atoms with Crippen LogP contribution in [0.25, 0.3) is 0 Å². The second-order valence-electron chi connectivity index (χ2n) is 29.7. The van der Waals surface area contributed by atoms with Crippen molar-refractivity contribution in [1.82, 2.24) is 0 Å². The van der Waals surface area contributed by atoms with Crippen molar-refractivity contribution in [3.63, 3.8) is 0 Å². The summed E-state index contributed by atoms with van der Waals surface area (Å²) in [6, 6.07) is 0. The summed E-state index contributed by atoms with van der Waals surface area (Å²) in [5, 5.41) is 20.7. The van der Waals surface area contributed by atoms with E-state index in [1.165, 1.54) is 167 Å². The van der Waals surface area contributed by atoms with Crippen molar-refractivity contribution in [3.05, 3.63) is 134 Å². The molecule has 640 valence electrons. The van der Waals surface area contributed by atoms with Gasteiger partial charge in [0.1, 0.15) is 25.4 Å². The molecule has 0 saturated carbocycles. The molecule has 5 unspecified atom stereocenters. The van der Waals surface area contributed by atoms with Gasteiger partial charge >= 0.3 is 33.6 Å². The molecule has 0 rings (SSSR count). The second kappa shape index (κ2) is 85.1. The summed E-state index contributed by atoms with van der Waals surface area (Å²) in [6.07, 6.45) is 105. The number of phosphoric ester groups is 2. The summed E-state index contributed by atoms with van der Waals surface area (Å²) in [6.45, 7) is 2.55. The van der Waals surface area contributed by atoms with Crippen LogP contribution in [-0.4, -0.2) is 95.9 Å². The summed E-state index contributed by atoms with van der Waals surface area (Å²) in [7, 11) is -9.80. The third kappa shape index (κ3) is 86.4. The minimum absolute atomic E-state index is 0.0910. The first kappa shape index (κ1) is 107. The molecule has 0 bridgehead atoms. The van der Waals surface area contributed by atoms with Gasteiger partial charge in [0.05, 0.1) is 26.4 Å². The van der Waals surface area contributed by atoms with Crippen LogP contribution >= 0.6 is 15.6 Å². The van der Waals surface area contributed by atoms with Gasteiger partial charge < -0.3 is 34.2 Å². The smallest absolute Gasteiger partial charge is 0.463 e.